The van der Waals surface area contributed by atoms with Crippen molar-refractivity contribution in [2.75, 3.05) is 7.11 Å². The molecule has 1 aromatic rings. The summed E-state index contributed by atoms with van der Waals surface area (Å²) in [7, 11) is 1.35. The lowest BCUT2D eigenvalue weighted by molar-refractivity contribution is -0.121. The summed E-state index contributed by atoms with van der Waals surface area (Å²) in [6, 6.07) is 8.78. The van der Waals surface area contributed by atoms with Gasteiger partial charge >= 0.3 is 0 Å². The standard InChI is InChI=1S/C8H9ClO2/c1-11-8(9,10)7-5-3-2-4-6-7/h2-6,10H,1H3. The van der Waals surface area contributed by atoms with Crippen molar-refractivity contribution in [3.63, 3.8) is 0 Å². The molecular weight excluding hydrogens is 164 g/mol. The van der Waals surface area contributed by atoms with E-state index in [0.717, 1.165) is 0 Å². The predicted octanol–water partition coefficient (Wildman–Crippen LogP) is 1.67. The van der Waals surface area contributed by atoms with Crippen molar-refractivity contribution in [3.8, 4) is 0 Å². The van der Waals surface area contributed by atoms with E-state index in [9.17, 15) is 5.11 Å². The number of hydrogen-bond donors (Lipinski definition) is 1. The molecular formula is C8H9ClO2. The normalized spacial score (nSPS) is 15.9. The zero-order valence-electron chi connectivity index (χ0n) is 6.12. The van der Waals surface area contributed by atoms with Crippen LogP contribution in [0.5, 0.6) is 0 Å². The monoisotopic (exact) mass is 172 g/mol. The minimum Gasteiger partial charge on any atom is -0.349 e. The van der Waals surface area contributed by atoms with Gasteiger partial charge in [0, 0.05) is 12.7 Å². The molecule has 0 bridgehead atoms. The maximum Gasteiger partial charge on any atom is 0.273 e. The van der Waals surface area contributed by atoms with Crippen molar-refractivity contribution >= 4 is 11.6 Å². The zero-order chi connectivity index (χ0) is 8.32. The van der Waals surface area contributed by atoms with Crippen molar-refractivity contribution in [1.29, 1.82) is 0 Å². The van der Waals surface area contributed by atoms with E-state index in [2.05, 4.69) is 4.74 Å². The lowest BCUT2D eigenvalue weighted by Gasteiger charge is -2.17. The van der Waals surface area contributed by atoms with E-state index in [1.165, 1.54) is 7.11 Å². The summed E-state index contributed by atoms with van der Waals surface area (Å²) in [4.78, 5) is 0. The molecule has 60 valence electrons. The molecule has 0 aliphatic rings. The molecule has 0 amide bonds. The molecule has 0 saturated heterocycles. The molecule has 0 aliphatic carbocycles. The van der Waals surface area contributed by atoms with Crippen LogP contribution >= 0.6 is 11.6 Å². The van der Waals surface area contributed by atoms with Gasteiger partial charge in [0.25, 0.3) is 5.25 Å². The molecule has 1 unspecified atom stereocenters. The Bertz CT molecular complexity index is 221. The smallest absolute Gasteiger partial charge is 0.273 e. The highest BCUT2D eigenvalue weighted by Gasteiger charge is 2.24. The third-order valence-corrected chi connectivity index (χ3v) is 1.77. The van der Waals surface area contributed by atoms with Gasteiger partial charge in [-0.1, -0.05) is 41.9 Å². The number of benzene rings is 1. The number of methoxy groups -OCH3 is 1. The molecule has 1 N–H and O–H groups in total. The fourth-order valence-corrected chi connectivity index (χ4v) is 0.888. The summed E-state index contributed by atoms with van der Waals surface area (Å²) in [5.74, 6) is 0. The number of alkyl halides is 1. The Labute approximate surface area is 70.4 Å². The highest BCUT2D eigenvalue weighted by molar-refractivity contribution is 6.21. The fraction of sp³-hybridized carbons (Fsp3) is 0.250. The molecule has 0 radical (unpaired) electrons. The van der Waals surface area contributed by atoms with Crippen molar-refractivity contribution in [3.05, 3.63) is 35.9 Å². The van der Waals surface area contributed by atoms with Gasteiger partial charge in [0.05, 0.1) is 0 Å². The topological polar surface area (TPSA) is 29.5 Å². The van der Waals surface area contributed by atoms with E-state index in [1.54, 1.807) is 24.3 Å². The van der Waals surface area contributed by atoms with E-state index in [4.69, 9.17) is 11.6 Å². The summed E-state index contributed by atoms with van der Waals surface area (Å²) in [6.07, 6.45) is 0. The number of aliphatic hydroxyl groups is 1. The molecule has 11 heavy (non-hydrogen) atoms. The quantitative estimate of drug-likeness (QED) is 0.543. The van der Waals surface area contributed by atoms with Crippen LogP contribution in [0.25, 0.3) is 0 Å². The Kier molecular flexibility index (Phi) is 2.49. The van der Waals surface area contributed by atoms with Crippen LogP contribution in [-0.4, -0.2) is 12.2 Å². The van der Waals surface area contributed by atoms with Crippen LogP contribution in [0.4, 0.5) is 0 Å². The number of hydrogen-bond acceptors (Lipinski definition) is 2. The summed E-state index contributed by atoms with van der Waals surface area (Å²) in [5, 5.41) is 7.64. The molecule has 0 aliphatic heterocycles. The van der Waals surface area contributed by atoms with Crippen LogP contribution < -0.4 is 0 Å². The summed E-state index contributed by atoms with van der Waals surface area (Å²) in [5.41, 5.74) is 0.532. The van der Waals surface area contributed by atoms with E-state index in [-0.39, 0.29) is 0 Å². The van der Waals surface area contributed by atoms with E-state index >= 15 is 0 Å². The van der Waals surface area contributed by atoms with Gasteiger partial charge in [0.15, 0.2) is 0 Å². The van der Waals surface area contributed by atoms with Gasteiger partial charge in [-0.05, 0) is 0 Å². The average Bonchev–Trinajstić information content (AvgIpc) is 2.06. The lowest BCUT2D eigenvalue weighted by atomic mass is 10.2. The van der Waals surface area contributed by atoms with Crippen molar-refractivity contribution < 1.29 is 9.84 Å². The van der Waals surface area contributed by atoms with Crippen molar-refractivity contribution in [2.24, 2.45) is 0 Å². The Morgan fingerprint density at radius 1 is 1.36 bits per heavy atom. The summed E-state index contributed by atoms with van der Waals surface area (Å²) in [6.45, 7) is 0. The van der Waals surface area contributed by atoms with Gasteiger partial charge in [0.2, 0.25) is 0 Å². The third kappa shape index (κ3) is 1.93. The average molecular weight is 173 g/mol. The van der Waals surface area contributed by atoms with Crippen LogP contribution in [0.1, 0.15) is 5.56 Å². The minimum atomic E-state index is -1.69. The van der Waals surface area contributed by atoms with Crippen LogP contribution in [0.3, 0.4) is 0 Å². The van der Waals surface area contributed by atoms with E-state index in [1.807, 2.05) is 6.07 Å². The number of halogens is 1. The first kappa shape index (κ1) is 8.53. The van der Waals surface area contributed by atoms with Crippen LogP contribution in [0.2, 0.25) is 0 Å². The SMILES string of the molecule is COC(O)(Cl)c1ccccc1. The second-order valence-corrected chi connectivity index (χ2v) is 2.64. The maximum atomic E-state index is 9.34. The molecule has 1 aromatic carbocycles. The van der Waals surface area contributed by atoms with Crippen molar-refractivity contribution in [2.45, 2.75) is 5.25 Å². The highest BCUT2D eigenvalue weighted by atomic mass is 35.5. The molecule has 0 saturated carbocycles. The summed E-state index contributed by atoms with van der Waals surface area (Å²) < 4.78 is 4.64. The number of rotatable bonds is 2. The highest BCUT2D eigenvalue weighted by Crippen LogP contribution is 2.25. The van der Waals surface area contributed by atoms with Gasteiger partial charge in [-0.15, -0.1) is 0 Å². The van der Waals surface area contributed by atoms with Crippen LogP contribution in [-0.2, 0) is 9.98 Å². The predicted molar refractivity (Wildman–Crippen MR) is 43.2 cm³/mol. The van der Waals surface area contributed by atoms with E-state index in [0.29, 0.717) is 5.56 Å². The Morgan fingerprint density at radius 3 is 2.36 bits per heavy atom. The van der Waals surface area contributed by atoms with Crippen LogP contribution in [0.15, 0.2) is 30.3 Å². The van der Waals surface area contributed by atoms with Crippen molar-refractivity contribution in [1.82, 2.24) is 0 Å². The third-order valence-electron chi connectivity index (χ3n) is 1.40. The molecule has 1 atom stereocenters. The Balaban J connectivity index is 2.93. The first-order chi connectivity index (χ1) is 5.17. The zero-order valence-corrected chi connectivity index (χ0v) is 6.88. The fourth-order valence-electron chi connectivity index (χ4n) is 0.762. The molecule has 1 rings (SSSR count). The second kappa shape index (κ2) is 3.22. The molecule has 2 nitrogen and oxygen atoms in total. The van der Waals surface area contributed by atoms with Gasteiger partial charge in [-0.25, -0.2) is 0 Å². The van der Waals surface area contributed by atoms with Gasteiger partial charge in [-0.3, -0.25) is 0 Å². The summed E-state index contributed by atoms with van der Waals surface area (Å²) >= 11 is 5.58. The maximum absolute atomic E-state index is 9.34. The lowest BCUT2D eigenvalue weighted by Crippen LogP contribution is -2.19. The second-order valence-electron chi connectivity index (χ2n) is 2.13. The van der Waals surface area contributed by atoms with Gasteiger partial charge < -0.3 is 9.84 Å². The molecule has 0 aromatic heterocycles. The van der Waals surface area contributed by atoms with Gasteiger partial charge in [0.1, 0.15) is 0 Å². The largest absolute Gasteiger partial charge is 0.349 e. The minimum absolute atomic E-state index is 0.532. The van der Waals surface area contributed by atoms with Crippen LogP contribution in [0, 0.1) is 0 Å². The molecule has 3 heteroatoms. The first-order valence-electron chi connectivity index (χ1n) is 3.19. The molecule has 0 heterocycles. The Hall–Kier alpha value is -0.570. The molecule has 0 spiro atoms. The van der Waals surface area contributed by atoms with Gasteiger partial charge in [-0.2, -0.15) is 0 Å². The molecule has 0 fully saturated rings. The first-order valence-corrected chi connectivity index (χ1v) is 3.56. The van der Waals surface area contributed by atoms with E-state index < -0.39 is 5.25 Å². The Morgan fingerprint density at radius 2 is 1.91 bits per heavy atom. The number of ether oxygens (including phenoxy) is 1.